The van der Waals surface area contributed by atoms with Crippen molar-refractivity contribution in [3.05, 3.63) is 10.1 Å². The first-order valence-electron chi connectivity index (χ1n) is 10.9. The summed E-state index contributed by atoms with van der Waals surface area (Å²) < 4.78 is 5.14. The largest absolute Gasteiger partial charge is 0.465 e. The molecule has 1 N–H and O–H groups in total. The van der Waals surface area contributed by atoms with E-state index in [-0.39, 0.29) is 25.7 Å². The van der Waals surface area contributed by atoms with Gasteiger partial charge in [0.2, 0.25) is 5.91 Å². The summed E-state index contributed by atoms with van der Waals surface area (Å²) in [7, 11) is 0. The van der Waals surface area contributed by atoms with Crippen molar-refractivity contribution >= 4 is 11.9 Å². The number of esters is 1. The first-order valence-corrected chi connectivity index (χ1v) is 10.9. The topological polar surface area (TPSA) is 111 Å². The molecule has 0 aromatic rings. The van der Waals surface area contributed by atoms with E-state index in [4.69, 9.17) is 4.74 Å². The number of likely N-dealkylation sites (N-methyl/N-ethyl adjacent to an activating group) is 1. The highest BCUT2D eigenvalue weighted by Gasteiger charge is 2.32. The number of nitrogens with one attached hydrogen (secondary N) is 1. The molecule has 9 nitrogen and oxygen atoms in total. The lowest BCUT2D eigenvalue weighted by molar-refractivity contribution is -0.757. The van der Waals surface area contributed by atoms with Crippen LogP contribution in [-0.2, 0) is 19.2 Å². The van der Waals surface area contributed by atoms with Gasteiger partial charge in [-0.3, -0.25) is 14.9 Å². The van der Waals surface area contributed by atoms with Crippen LogP contribution in [0.2, 0.25) is 0 Å². The quantitative estimate of drug-likeness (QED) is 0.201. The van der Waals surface area contributed by atoms with Gasteiger partial charge in [0.1, 0.15) is 0 Å². The molecule has 1 amide bonds. The van der Waals surface area contributed by atoms with E-state index in [1.54, 1.807) is 6.92 Å². The summed E-state index contributed by atoms with van der Waals surface area (Å²) >= 11 is 0. The highest BCUT2D eigenvalue weighted by Crippen LogP contribution is 2.31. The smallest absolute Gasteiger partial charge is 0.319 e. The highest BCUT2D eigenvalue weighted by molar-refractivity contribution is 5.82. The maximum absolute atomic E-state index is 12.9. The van der Waals surface area contributed by atoms with Crippen LogP contribution in [0.5, 0.6) is 0 Å². The van der Waals surface area contributed by atoms with E-state index in [1.807, 2.05) is 11.8 Å². The minimum absolute atomic E-state index is 0.0171. The summed E-state index contributed by atoms with van der Waals surface area (Å²) in [6.45, 7) is 6.95. The van der Waals surface area contributed by atoms with E-state index < -0.39 is 17.1 Å². The van der Waals surface area contributed by atoms with Gasteiger partial charge in [-0.1, -0.05) is 26.2 Å². The second kappa shape index (κ2) is 14.1. The van der Waals surface area contributed by atoms with Crippen LogP contribution in [0, 0.1) is 16.0 Å². The molecule has 0 radical (unpaired) electrons. The molecule has 0 bridgehead atoms. The van der Waals surface area contributed by atoms with Gasteiger partial charge < -0.3 is 14.5 Å². The maximum atomic E-state index is 12.9. The van der Waals surface area contributed by atoms with Crippen molar-refractivity contribution in [3.63, 3.8) is 0 Å². The lowest BCUT2D eigenvalue weighted by Gasteiger charge is -2.40. The normalized spacial score (nSPS) is 20.0. The number of carbonyl (C=O) groups is 2. The number of hydrogen-bond acceptors (Lipinski definition) is 7. The van der Waals surface area contributed by atoms with Gasteiger partial charge in [-0.15, -0.1) is 10.1 Å². The van der Waals surface area contributed by atoms with Crippen LogP contribution in [0.15, 0.2) is 0 Å². The van der Waals surface area contributed by atoms with Gasteiger partial charge in [0, 0.05) is 12.6 Å². The van der Waals surface area contributed by atoms with Crippen molar-refractivity contribution in [2.75, 3.05) is 26.3 Å². The molecule has 0 saturated heterocycles. The van der Waals surface area contributed by atoms with Crippen molar-refractivity contribution in [1.82, 2.24) is 10.2 Å². The minimum Gasteiger partial charge on any atom is -0.465 e. The number of ether oxygens (including phenoxy) is 1. The molecule has 1 rings (SSSR count). The van der Waals surface area contributed by atoms with Gasteiger partial charge >= 0.3 is 5.97 Å². The molecular weight excluding hydrogens is 378 g/mol. The van der Waals surface area contributed by atoms with E-state index in [0.29, 0.717) is 37.8 Å². The van der Waals surface area contributed by atoms with Crippen LogP contribution in [-0.4, -0.2) is 60.2 Å². The van der Waals surface area contributed by atoms with Crippen molar-refractivity contribution in [2.45, 2.75) is 84.2 Å². The molecule has 9 heteroatoms. The van der Waals surface area contributed by atoms with E-state index in [0.717, 1.165) is 19.3 Å². The number of carbonyl (C=O) groups excluding carboxylic acids is 2. The Balaban J connectivity index is 2.29. The summed E-state index contributed by atoms with van der Waals surface area (Å²) in [6.07, 6.45) is 7.55. The molecule has 0 aromatic heterocycles. The molecule has 0 heterocycles. The number of nitrogens with zero attached hydrogens (tertiary/aromatic N) is 2. The summed E-state index contributed by atoms with van der Waals surface area (Å²) in [6, 6.07) is -0.150. The molecule has 1 aliphatic carbocycles. The average Bonchev–Trinajstić information content (AvgIpc) is 2.71. The first-order chi connectivity index (χ1) is 13.9. The number of hydrogen-bond donors (Lipinski definition) is 1. The lowest BCUT2D eigenvalue weighted by atomic mass is 9.81. The van der Waals surface area contributed by atoms with E-state index >= 15 is 0 Å². The third-order valence-corrected chi connectivity index (χ3v) is 5.59. The first kappa shape index (κ1) is 25.1. The second-order valence-corrected chi connectivity index (χ2v) is 7.58. The van der Waals surface area contributed by atoms with Crippen molar-refractivity contribution in [1.29, 1.82) is 0 Å². The zero-order valence-electron chi connectivity index (χ0n) is 18.1. The minimum atomic E-state index is -0.815. The Kier molecular flexibility index (Phi) is 12.3. The Morgan fingerprint density at radius 1 is 1.17 bits per heavy atom. The predicted octanol–water partition coefficient (Wildman–Crippen LogP) is 2.70. The monoisotopic (exact) mass is 415 g/mol. The molecule has 0 spiro atoms. The zero-order chi connectivity index (χ0) is 21.6. The lowest BCUT2D eigenvalue weighted by Crippen LogP contribution is -2.52. The van der Waals surface area contributed by atoms with Crippen molar-refractivity contribution in [3.8, 4) is 0 Å². The molecule has 3 unspecified atom stereocenters. The van der Waals surface area contributed by atoms with Crippen LogP contribution >= 0.6 is 0 Å². The fourth-order valence-corrected chi connectivity index (χ4v) is 3.96. The number of rotatable bonds is 14. The van der Waals surface area contributed by atoms with Crippen LogP contribution in [0.25, 0.3) is 0 Å². The van der Waals surface area contributed by atoms with Gasteiger partial charge in [0.15, 0.2) is 0 Å². The predicted molar refractivity (Wildman–Crippen MR) is 109 cm³/mol. The molecular formula is C20H37N3O6. The Hall–Kier alpha value is -1.90. The summed E-state index contributed by atoms with van der Waals surface area (Å²) in [5, 5.41) is 12.2. The molecule has 1 fully saturated rings. The summed E-state index contributed by atoms with van der Waals surface area (Å²) in [5.41, 5.74) is 0. The van der Waals surface area contributed by atoms with Crippen molar-refractivity contribution in [2.24, 2.45) is 5.92 Å². The molecule has 1 saturated carbocycles. The Morgan fingerprint density at radius 3 is 2.52 bits per heavy atom. The zero-order valence-corrected chi connectivity index (χ0v) is 18.1. The summed E-state index contributed by atoms with van der Waals surface area (Å²) in [4.78, 5) is 41.0. The van der Waals surface area contributed by atoms with Crippen LogP contribution in [0.3, 0.4) is 0 Å². The SMILES string of the molecule is CCC1CCCCC1N(CC)C(=O)C(C)NCC(=O)OCCCCCO[N+](=O)[O-]. The fourth-order valence-electron chi connectivity index (χ4n) is 3.96. The van der Waals surface area contributed by atoms with E-state index in [9.17, 15) is 19.7 Å². The van der Waals surface area contributed by atoms with Crippen LogP contribution < -0.4 is 5.32 Å². The number of unbranched alkanes of at least 4 members (excludes halogenated alkanes) is 2. The average molecular weight is 416 g/mol. The fraction of sp³-hybridized carbons (Fsp3) is 0.900. The van der Waals surface area contributed by atoms with Crippen LogP contribution in [0.4, 0.5) is 0 Å². The highest BCUT2D eigenvalue weighted by atomic mass is 16.9. The van der Waals surface area contributed by atoms with Crippen LogP contribution in [0.1, 0.15) is 72.1 Å². The van der Waals surface area contributed by atoms with E-state index in [1.165, 1.54) is 12.8 Å². The van der Waals surface area contributed by atoms with Gasteiger partial charge in [0.05, 0.1) is 25.8 Å². The molecule has 1 aliphatic rings. The molecule has 29 heavy (non-hydrogen) atoms. The Labute approximate surface area is 173 Å². The molecule has 0 aromatic carbocycles. The maximum Gasteiger partial charge on any atom is 0.319 e. The van der Waals surface area contributed by atoms with Gasteiger partial charge in [-0.25, -0.2) is 0 Å². The van der Waals surface area contributed by atoms with Gasteiger partial charge in [-0.05, 0) is 51.9 Å². The van der Waals surface area contributed by atoms with E-state index in [2.05, 4.69) is 17.1 Å². The number of amides is 1. The molecule has 168 valence electrons. The standard InChI is InChI=1S/C20H37N3O6/c1-4-17-11-7-8-12-18(17)22(5-2)20(25)16(3)21-15-19(24)28-13-9-6-10-14-29-23(26)27/h16-18,21H,4-15H2,1-3H3. The molecule has 0 aliphatic heterocycles. The van der Waals surface area contributed by atoms with Gasteiger partial charge in [-0.2, -0.15) is 0 Å². The third-order valence-electron chi connectivity index (χ3n) is 5.59. The Morgan fingerprint density at radius 2 is 1.86 bits per heavy atom. The van der Waals surface area contributed by atoms with Crippen molar-refractivity contribution < 1.29 is 24.3 Å². The molecule has 3 atom stereocenters. The summed E-state index contributed by atoms with van der Waals surface area (Å²) in [5.74, 6) is 0.190. The third kappa shape index (κ3) is 9.43. The Bertz CT molecular complexity index is 516. The second-order valence-electron chi connectivity index (χ2n) is 7.58. The van der Waals surface area contributed by atoms with Gasteiger partial charge in [0.25, 0.3) is 5.09 Å².